The number of H-pyrrole nitrogens is 1. The minimum Gasteiger partial charge on any atom is -0.462 e. The number of carbonyl (C=O) groups excluding carboxylic acids is 2. The highest BCUT2D eigenvalue weighted by atomic mass is 32.2. The third kappa shape index (κ3) is 4.17. The first kappa shape index (κ1) is 19.9. The average Bonchev–Trinajstić information content (AvgIpc) is 3.24. The number of aryl methyl sites for hydroxylation is 3. The molecule has 0 aliphatic carbocycles. The van der Waals surface area contributed by atoms with Gasteiger partial charge in [0.05, 0.1) is 23.5 Å². The maximum Gasteiger partial charge on any atom is 0.340 e. The summed E-state index contributed by atoms with van der Waals surface area (Å²) in [6, 6.07) is 7.73. The molecule has 28 heavy (non-hydrogen) atoms. The summed E-state index contributed by atoms with van der Waals surface area (Å²) in [5.41, 5.74) is 3.84. The van der Waals surface area contributed by atoms with E-state index in [2.05, 4.69) is 15.2 Å². The summed E-state index contributed by atoms with van der Waals surface area (Å²) in [4.78, 5) is 28.0. The predicted molar refractivity (Wildman–Crippen MR) is 106 cm³/mol. The van der Waals surface area contributed by atoms with E-state index >= 15 is 0 Å². The Morgan fingerprint density at radius 3 is 2.43 bits per heavy atom. The lowest BCUT2D eigenvalue weighted by Crippen LogP contribution is -2.13. The Hall–Kier alpha value is -2.87. The van der Waals surface area contributed by atoms with Crippen LogP contribution in [0.25, 0.3) is 11.5 Å². The third-order valence-electron chi connectivity index (χ3n) is 4.17. The normalized spacial score (nSPS) is 10.9. The monoisotopic (exact) mass is 399 g/mol. The fourth-order valence-corrected chi connectivity index (χ4v) is 3.50. The van der Waals surface area contributed by atoms with Crippen LogP contribution in [0.5, 0.6) is 0 Å². The Morgan fingerprint density at radius 2 is 1.75 bits per heavy atom. The van der Waals surface area contributed by atoms with Crippen molar-refractivity contribution in [2.45, 2.75) is 32.9 Å². The van der Waals surface area contributed by atoms with Gasteiger partial charge in [-0.2, -0.15) is 0 Å². The van der Waals surface area contributed by atoms with Gasteiger partial charge in [0.1, 0.15) is 0 Å². The summed E-state index contributed by atoms with van der Waals surface area (Å²) < 4.78 is 10.7. The number of benzene rings is 1. The zero-order valence-electron chi connectivity index (χ0n) is 16.2. The number of nitrogens with one attached hydrogen (secondary N) is 1. The molecule has 7 nitrogen and oxygen atoms in total. The van der Waals surface area contributed by atoms with E-state index in [0.29, 0.717) is 28.1 Å². The van der Waals surface area contributed by atoms with Crippen molar-refractivity contribution < 1.29 is 18.7 Å². The number of nitrogens with zero attached hydrogens (tertiary/aromatic N) is 2. The van der Waals surface area contributed by atoms with E-state index in [1.165, 1.54) is 0 Å². The molecule has 0 atom stereocenters. The summed E-state index contributed by atoms with van der Waals surface area (Å²) in [6.45, 7) is 7.48. The lowest BCUT2D eigenvalue weighted by atomic mass is 10.1. The quantitative estimate of drug-likeness (QED) is 0.362. The number of carbonyl (C=O) groups is 2. The molecule has 0 aliphatic rings. The van der Waals surface area contributed by atoms with Gasteiger partial charge in [0.15, 0.2) is 5.78 Å². The Morgan fingerprint density at radius 1 is 1.07 bits per heavy atom. The summed E-state index contributed by atoms with van der Waals surface area (Å²) in [6.07, 6.45) is 0. The zero-order chi connectivity index (χ0) is 20.3. The molecule has 2 aromatic heterocycles. The Balaban J connectivity index is 1.73. The highest BCUT2D eigenvalue weighted by molar-refractivity contribution is 7.99. The molecule has 2 heterocycles. The number of rotatable bonds is 7. The topological polar surface area (TPSA) is 98.1 Å². The molecule has 0 saturated heterocycles. The number of esters is 1. The van der Waals surface area contributed by atoms with E-state index < -0.39 is 5.97 Å². The van der Waals surface area contributed by atoms with Gasteiger partial charge in [-0.05, 0) is 39.8 Å². The second kappa shape index (κ2) is 8.43. The number of hydrogen-bond acceptors (Lipinski definition) is 7. The minimum absolute atomic E-state index is 0.0695. The van der Waals surface area contributed by atoms with Crippen LogP contribution >= 0.6 is 11.8 Å². The van der Waals surface area contributed by atoms with Crippen molar-refractivity contribution in [3.63, 3.8) is 0 Å². The second-order valence-electron chi connectivity index (χ2n) is 6.30. The number of thioether (sulfide) groups is 1. The minimum atomic E-state index is -0.503. The zero-order valence-corrected chi connectivity index (χ0v) is 17.0. The van der Waals surface area contributed by atoms with Crippen molar-refractivity contribution in [3.8, 4) is 11.5 Å². The molecule has 1 N–H and O–H groups in total. The predicted octanol–water partition coefficient (Wildman–Crippen LogP) is 4.14. The van der Waals surface area contributed by atoms with Crippen molar-refractivity contribution >= 4 is 23.5 Å². The van der Waals surface area contributed by atoms with Gasteiger partial charge in [-0.25, -0.2) is 4.79 Å². The average molecular weight is 399 g/mol. The van der Waals surface area contributed by atoms with E-state index in [0.717, 1.165) is 22.9 Å². The fraction of sp³-hybridized carbons (Fsp3) is 0.300. The van der Waals surface area contributed by atoms with Gasteiger partial charge in [-0.1, -0.05) is 29.5 Å². The van der Waals surface area contributed by atoms with Gasteiger partial charge < -0.3 is 14.1 Å². The number of ether oxygens (including phenoxy) is 1. The van der Waals surface area contributed by atoms with Crippen LogP contribution in [0.4, 0.5) is 0 Å². The van der Waals surface area contributed by atoms with Crippen LogP contribution in [-0.4, -0.2) is 39.3 Å². The molecule has 0 amide bonds. The number of aromatic amines is 1. The summed E-state index contributed by atoms with van der Waals surface area (Å²) >= 11 is 1.14. The molecule has 0 radical (unpaired) electrons. The molecule has 1 aromatic carbocycles. The van der Waals surface area contributed by atoms with E-state index in [9.17, 15) is 9.59 Å². The Labute approximate surface area is 166 Å². The van der Waals surface area contributed by atoms with E-state index in [-0.39, 0.29) is 23.7 Å². The largest absolute Gasteiger partial charge is 0.462 e. The van der Waals surface area contributed by atoms with Gasteiger partial charge in [0.2, 0.25) is 5.89 Å². The van der Waals surface area contributed by atoms with Gasteiger partial charge in [0.25, 0.3) is 5.22 Å². The highest BCUT2D eigenvalue weighted by Crippen LogP contribution is 2.26. The van der Waals surface area contributed by atoms with Gasteiger partial charge in [-0.15, -0.1) is 10.2 Å². The SMILES string of the molecule is CCOC(=O)c1c(C)[nH]c(C)c1C(=O)CSc1nnc(-c2ccc(C)cc2)o1. The van der Waals surface area contributed by atoms with Crippen LogP contribution in [0.1, 0.15) is 44.6 Å². The van der Waals surface area contributed by atoms with Crippen LogP contribution in [0.3, 0.4) is 0 Å². The van der Waals surface area contributed by atoms with Gasteiger partial charge >= 0.3 is 5.97 Å². The van der Waals surface area contributed by atoms with Crippen LogP contribution < -0.4 is 0 Å². The smallest absolute Gasteiger partial charge is 0.340 e. The molecule has 0 aliphatic heterocycles. The molecule has 3 rings (SSSR count). The molecular formula is C20H21N3O4S. The first-order chi connectivity index (χ1) is 13.4. The van der Waals surface area contributed by atoms with Crippen LogP contribution in [-0.2, 0) is 4.74 Å². The molecule has 0 bridgehead atoms. The maximum atomic E-state index is 12.8. The molecular weight excluding hydrogens is 378 g/mol. The highest BCUT2D eigenvalue weighted by Gasteiger charge is 2.25. The number of hydrogen-bond donors (Lipinski definition) is 1. The van der Waals surface area contributed by atoms with Crippen molar-refractivity contribution in [2.24, 2.45) is 0 Å². The second-order valence-corrected chi connectivity index (χ2v) is 7.22. The van der Waals surface area contributed by atoms with Crippen molar-refractivity contribution in [2.75, 3.05) is 12.4 Å². The van der Waals surface area contributed by atoms with Crippen LogP contribution in [0.2, 0.25) is 0 Å². The summed E-state index contributed by atoms with van der Waals surface area (Å²) in [5.74, 6) is -0.238. The number of aromatic nitrogens is 3. The van der Waals surface area contributed by atoms with E-state index in [1.807, 2.05) is 31.2 Å². The first-order valence-electron chi connectivity index (χ1n) is 8.83. The lowest BCUT2D eigenvalue weighted by Gasteiger charge is -2.05. The number of Topliss-reactive ketones (excluding diaryl/α,β-unsaturated/α-hetero) is 1. The van der Waals surface area contributed by atoms with Crippen molar-refractivity contribution in [3.05, 3.63) is 52.3 Å². The molecule has 0 saturated carbocycles. The molecule has 3 aromatic rings. The van der Waals surface area contributed by atoms with Crippen LogP contribution in [0.15, 0.2) is 33.9 Å². The summed E-state index contributed by atoms with van der Waals surface area (Å²) in [5, 5.41) is 8.32. The fourth-order valence-electron chi connectivity index (χ4n) is 2.87. The van der Waals surface area contributed by atoms with E-state index in [1.54, 1.807) is 20.8 Å². The molecule has 146 valence electrons. The van der Waals surface area contributed by atoms with Crippen LogP contribution in [0, 0.1) is 20.8 Å². The molecule has 8 heteroatoms. The van der Waals surface area contributed by atoms with Crippen molar-refractivity contribution in [1.29, 1.82) is 0 Å². The van der Waals surface area contributed by atoms with Crippen molar-refractivity contribution in [1.82, 2.24) is 15.2 Å². The van der Waals surface area contributed by atoms with E-state index in [4.69, 9.17) is 9.15 Å². The van der Waals surface area contributed by atoms with Gasteiger partial charge in [-0.3, -0.25) is 4.79 Å². The Bertz CT molecular complexity index is 1010. The first-order valence-corrected chi connectivity index (χ1v) is 9.82. The third-order valence-corrected chi connectivity index (χ3v) is 4.98. The Kier molecular flexibility index (Phi) is 5.99. The lowest BCUT2D eigenvalue weighted by molar-refractivity contribution is 0.0522. The summed E-state index contributed by atoms with van der Waals surface area (Å²) in [7, 11) is 0. The van der Waals surface area contributed by atoms with Gasteiger partial charge in [0, 0.05) is 17.0 Å². The molecule has 0 unspecified atom stereocenters. The molecule has 0 spiro atoms. The maximum absolute atomic E-state index is 12.8. The standard InChI is InChI=1S/C20H21N3O4S/c1-5-26-19(25)17-13(4)21-12(3)16(17)15(24)10-28-20-23-22-18(27-20)14-8-6-11(2)7-9-14/h6-9,21H,5,10H2,1-4H3. The number of ketones is 1. The molecule has 0 fully saturated rings.